The summed E-state index contributed by atoms with van der Waals surface area (Å²) in [5.41, 5.74) is 2.16. The Labute approximate surface area is 222 Å². The molecule has 1 amide bonds. The van der Waals surface area contributed by atoms with Crippen molar-refractivity contribution in [3.8, 4) is 0 Å². The van der Waals surface area contributed by atoms with Crippen LogP contribution < -0.4 is 10.2 Å². The second-order valence-corrected chi connectivity index (χ2v) is 12.1. The van der Waals surface area contributed by atoms with Crippen LogP contribution in [0.1, 0.15) is 81.6 Å². The van der Waals surface area contributed by atoms with Crippen molar-refractivity contribution in [1.29, 1.82) is 0 Å². The first-order chi connectivity index (χ1) is 17.9. The number of amides is 1. The maximum Gasteiger partial charge on any atom is 0.253 e. The number of carbonyl (C=O) groups is 1. The average molecular weight is 505 g/mol. The van der Waals surface area contributed by atoms with Gasteiger partial charge in [-0.1, -0.05) is 45.7 Å². The molecule has 2 unspecified atom stereocenters. The lowest BCUT2D eigenvalue weighted by atomic mass is 9.86. The van der Waals surface area contributed by atoms with Gasteiger partial charge < -0.3 is 15.1 Å². The highest BCUT2D eigenvalue weighted by Crippen LogP contribution is 2.26. The fourth-order valence-corrected chi connectivity index (χ4v) is 6.05. The van der Waals surface area contributed by atoms with Crippen molar-refractivity contribution in [3.05, 3.63) is 47.7 Å². The maximum absolute atomic E-state index is 13.3. The molecule has 3 aliphatic rings. The number of anilines is 2. The van der Waals surface area contributed by atoms with Crippen LogP contribution in [-0.2, 0) is 5.41 Å². The summed E-state index contributed by atoms with van der Waals surface area (Å²) in [6.07, 6.45) is 10.3. The molecule has 5 rings (SSSR count). The number of piperidine rings is 1. The lowest BCUT2D eigenvalue weighted by molar-refractivity contribution is 0.0607. The Balaban J connectivity index is 1.16. The van der Waals surface area contributed by atoms with E-state index in [2.05, 4.69) is 57.9 Å². The smallest absolute Gasteiger partial charge is 0.253 e. The van der Waals surface area contributed by atoms with E-state index in [1.54, 1.807) is 0 Å². The minimum absolute atomic E-state index is 0.0946. The van der Waals surface area contributed by atoms with E-state index in [1.165, 1.54) is 31.2 Å². The van der Waals surface area contributed by atoms with E-state index in [1.807, 2.05) is 24.4 Å². The van der Waals surface area contributed by atoms with E-state index in [9.17, 15) is 4.79 Å². The maximum atomic E-state index is 13.3. The number of carbonyl (C=O) groups excluding carboxylic acids is 1. The first kappa shape index (κ1) is 26.0. The Bertz CT molecular complexity index is 1040. The van der Waals surface area contributed by atoms with Gasteiger partial charge in [-0.3, -0.25) is 9.69 Å². The normalized spacial score (nSPS) is 23.6. The molecule has 200 valence electrons. The number of nitrogens with zero attached hydrogens (tertiary/aromatic N) is 5. The van der Waals surface area contributed by atoms with Gasteiger partial charge in [-0.25, -0.2) is 4.98 Å². The Kier molecular flexibility index (Phi) is 7.98. The first-order valence-electron chi connectivity index (χ1n) is 14.4. The summed E-state index contributed by atoms with van der Waals surface area (Å²) in [5, 5.41) is 3.61. The van der Waals surface area contributed by atoms with Gasteiger partial charge in [0.15, 0.2) is 0 Å². The molecule has 0 spiro atoms. The molecule has 2 atom stereocenters. The fourth-order valence-electron chi connectivity index (χ4n) is 6.05. The molecule has 1 N–H and O–H groups in total. The number of likely N-dealkylation sites (tertiary alicyclic amines) is 2. The van der Waals surface area contributed by atoms with E-state index in [-0.39, 0.29) is 11.3 Å². The van der Waals surface area contributed by atoms with E-state index in [4.69, 9.17) is 4.98 Å². The van der Waals surface area contributed by atoms with Crippen LogP contribution in [0.2, 0.25) is 0 Å². The Hall–Kier alpha value is -2.67. The van der Waals surface area contributed by atoms with Crippen LogP contribution >= 0.6 is 0 Å². The zero-order chi connectivity index (χ0) is 25.8. The highest BCUT2D eigenvalue weighted by molar-refractivity contribution is 5.94. The van der Waals surface area contributed by atoms with Crippen LogP contribution in [0.3, 0.4) is 0 Å². The average Bonchev–Trinajstić information content (AvgIpc) is 3.20. The van der Waals surface area contributed by atoms with E-state index in [0.717, 1.165) is 75.9 Å². The van der Waals surface area contributed by atoms with Gasteiger partial charge in [0, 0.05) is 63.1 Å². The summed E-state index contributed by atoms with van der Waals surface area (Å²) in [6.45, 7) is 12.5. The van der Waals surface area contributed by atoms with Gasteiger partial charge in [0.1, 0.15) is 5.82 Å². The lowest BCUT2D eigenvalue weighted by Crippen LogP contribution is -2.49. The molecule has 3 fully saturated rings. The fraction of sp³-hybridized carbons (Fsp3) is 0.633. The zero-order valence-corrected chi connectivity index (χ0v) is 23.0. The van der Waals surface area contributed by atoms with E-state index >= 15 is 0 Å². The van der Waals surface area contributed by atoms with Gasteiger partial charge in [-0.05, 0) is 61.3 Å². The van der Waals surface area contributed by atoms with Crippen molar-refractivity contribution in [2.75, 3.05) is 49.5 Å². The van der Waals surface area contributed by atoms with Crippen molar-refractivity contribution < 1.29 is 4.79 Å². The summed E-state index contributed by atoms with van der Waals surface area (Å²) in [4.78, 5) is 29.7. The van der Waals surface area contributed by atoms with Gasteiger partial charge >= 0.3 is 0 Å². The van der Waals surface area contributed by atoms with Crippen LogP contribution in [0.5, 0.6) is 0 Å². The molecule has 3 saturated heterocycles. The zero-order valence-electron chi connectivity index (χ0n) is 23.0. The second-order valence-electron chi connectivity index (χ2n) is 12.1. The molecule has 4 heterocycles. The molecule has 37 heavy (non-hydrogen) atoms. The van der Waals surface area contributed by atoms with Crippen molar-refractivity contribution in [2.24, 2.45) is 0 Å². The van der Waals surface area contributed by atoms with Crippen molar-refractivity contribution >= 4 is 17.7 Å². The topological polar surface area (TPSA) is 64.6 Å². The summed E-state index contributed by atoms with van der Waals surface area (Å²) >= 11 is 0. The van der Waals surface area contributed by atoms with Crippen LogP contribution in [0.25, 0.3) is 0 Å². The SMILES string of the molecule is CC(C)(C)c1ccc(C(=O)N2CCCC(N3CCC(Nc4nccc(N5CCCCCC5)n4)C3)C2)cc1. The van der Waals surface area contributed by atoms with Crippen LogP contribution in [0.4, 0.5) is 11.8 Å². The summed E-state index contributed by atoms with van der Waals surface area (Å²) < 4.78 is 0. The molecule has 0 bridgehead atoms. The van der Waals surface area contributed by atoms with Gasteiger partial charge in [-0.2, -0.15) is 4.98 Å². The summed E-state index contributed by atoms with van der Waals surface area (Å²) in [6, 6.07) is 11.0. The number of rotatable bonds is 5. The highest BCUT2D eigenvalue weighted by Gasteiger charge is 2.33. The molecular weight excluding hydrogens is 460 g/mol. The van der Waals surface area contributed by atoms with Crippen molar-refractivity contribution in [2.45, 2.75) is 83.2 Å². The van der Waals surface area contributed by atoms with Gasteiger partial charge in [0.05, 0.1) is 0 Å². The van der Waals surface area contributed by atoms with Gasteiger partial charge in [0.25, 0.3) is 5.91 Å². The number of aromatic nitrogens is 2. The van der Waals surface area contributed by atoms with Crippen molar-refractivity contribution in [3.63, 3.8) is 0 Å². The third-order valence-electron chi connectivity index (χ3n) is 8.32. The number of benzene rings is 1. The lowest BCUT2D eigenvalue weighted by Gasteiger charge is -2.37. The molecule has 0 saturated carbocycles. The van der Waals surface area contributed by atoms with E-state index in [0.29, 0.717) is 12.1 Å². The third kappa shape index (κ3) is 6.43. The number of nitrogens with one attached hydrogen (secondary N) is 1. The molecular formula is C30H44N6O. The first-order valence-corrected chi connectivity index (χ1v) is 14.4. The third-order valence-corrected chi connectivity index (χ3v) is 8.32. The van der Waals surface area contributed by atoms with Gasteiger partial charge in [0.2, 0.25) is 5.95 Å². The predicted octanol–water partition coefficient (Wildman–Crippen LogP) is 4.95. The Morgan fingerprint density at radius 1 is 0.892 bits per heavy atom. The van der Waals surface area contributed by atoms with Crippen LogP contribution in [0, 0.1) is 0 Å². The molecule has 1 aromatic carbocycles. The largest absolute Gasteiger partial charge is 0.356 e. The number of hydrogen-bond acceptors (Lipinski definition) is 6. The number of hydrogen-bond donors (Lipinski definition) is 1. The van der Waals surface area contributed by atoms with E-state index < -0.39 is 0 Å². The van der Waals surface area contributed by atoms with Crippen molar-refractivity contribution in [1.82, 2.24) is 19.8 Å². The Morgan fingerprint density at radius 3 is 2.38 bits per heavy atom. The van der Waals surface area contributed by atoms with Crippen LogP contribution in [0.15, 0.2) is 36.5 Å². The van der Waals surface area contributed by atoms with Gasteiger partial charge in [-0.15, -0.1) is 0 Å². The Morgan fingerprint density at radius 2 is 1.65 bits per heavy atom. The highest BCUT2D eigenvalue weighted by atomic mass is 16.2. The molecule has 0 aliphatic carbocycles. The predicted molar refractivity (Wildman–Crippen MR) is 150 cm³/mol. The molecule has 1 aromatic heterocycles. The molecule has 3 aliphatic heterocycles. The summed E-state index contributed by atoms with van der Waals surface area (Å²) in [7, 11) is 0. The monoisotopic (exact) mass is 504 g/mol. The quantitative estimate of drug-likeness (QED) is 0.622. The second kappa shape index (κ2) is 11.4. The minimum Gasteiger partial charge on any atom is -0.356 e. The molecule has 2 aromatic rings. The van der Waals surface area contributed by atoms with Crippen LogP contribution in [-0.4, -0.2) is 77.0 Å². The molecule has 7 heteroatoms. The minimum atomic E-state index is 0.0946. The summed E-state index contributed by atoms with van der Waals surface area (Å²) in [5.74, 6) is 1.96. The molecule has 7 nitrogen and oxygen atoms in total. The standard InChI is InChI=1S/C30H44N6O/c1-30(2,3)24-12-10-23(11-13-24)28(37)36-19-8-9-26(22-36)35-20-15-25(21-35)32-29-31-16-14-27(33-29)34-17-6-4-5-7-18-34/h10-14,16,25-26H,4-9,15,17-22H2,1-3H3,(H,31,32,33). The molecule has 0 radical (unpaired) electrons.